The van der Waals surface area contributed by atoms with Gasteiger partial charge in [0.25, 0.3) is 0 Å². The molecule has 3 aliphatic heterocycles. The van der Waals surface area contributed by atoms with Crippen LogP contribution in [0.4, 0.5) is 0 Å². The van der Waals surface area contributed by atoms with Gasteiger partial charge in [-0.1, -0.05) is 30.3 Å². The Kier molecular flexibility index (Phi) is 2.64. The van der Waals surface area contributed by atoms with Crippen molar-refractivity contribution in [3.63, 3.8) is 0 Å². The number of benzene rings is 1. The summed E-state index contributed by atoms with van der Waals surface area (Å²) in [7, 11) is 0. The largest absolute Gasteiger partial charge is 0.374 e. The molecule has 5 atom stereocenters. The topological polar surface area (TPSA) is 27.7 Å². The molecule has 18 heavy (non-hydrogen) atoms. The number of ether oxygens (including phenoxy) is 3. The lowest BCUT2D eigenvalue weighted by Gasteiger charge is -2.23. The maximum atomic E-state index is 5.96. The van der Waals surface area contributed by atoms with E-state index in [-0.39, 0.29) is 6.29 Å². The summed E-state index contributed by atoms with van der Waals surface area (Å²) in [6.45, 7) is 1.44. The highest BCUT2D eigenvalue weighted by atomic mass is 16.7. The Labute approximate surface area is 107 Å². The van der Waals surface area contributed by atoms with Gasteiger partial charge < -0.3 is 14.2 Å². The summed E-state index contributed by atoms with van der Waals surface area (Å²) in [5.41, 5.74) is 1.20. The first kappa shape index (κ1) is 11.0. The van der Waals surface area contributed by atoms with Gasteiger partial charge in [0.1, 0.15) is 0 Å². The first-order valence-corrected chi connectivity index (χ1v) is 6.84. The van der Waals surface area contributed by atoms with E-state index in [0.717, 1.165) is 6.61 Å². The number of hydrogen-bond donors (Lipinski definition) is 0. The zero-order chi connectivity index (χ0) is 11.9. The molecule has 1 aromatic carbocycles. The molecule has 0 saturated carbocycles. The second-order valence-corrected chi connectivity index (χ2v) is 5.53. The van der Waals surface area contributed by atoms with Crippen molar-refractivity contribution in [1.29, 1.82) is 0 Å². The van der Waals surface area contributed by atoms with Crippen molar-refractivity contribution in [2.45, 2.75) is 37.9 Å². The molecule has 3 heterocycles. The average molecular weight is 246 g/mol. The van der Waals surface area contributed by atoms with Crippen LogP contribution < -0.4 is 0 Å². The minimum atomic E-state index is -0.0643. The monoisotopic (exact) mass is 246 g/mol. The number of fused-ring (bicyclic) bond motifs is 5. The maximum absolute atomic E-state index is 5.96. The molecule has 0 aromatic heterocycles. The smallest absolute Gasteiger partial charge is 0.163 e. The van der Waals surface area contributed by atoms with Gasteiger partial charge in [0, 0.05) is 11.8 Å². The summed E-state index contributed by atoms with van der Waals surface area (Å²) in [5, 5.41) is 0. The fraction of sp³-hybridized carbons (Fsp3) is 0.600. The Morgan fingerprint density at radius 3 is 2.83 bits per heavy atom. The molecule has 4 rings (SSSR count). The third kappa shape index (κ3) is 1.69. The van der Waals surface area contributed by atoms with Crippen LogP contribution in [0.15, 0.2) is 30.3 Å². The molecule has 3 saturated heterocycles. The summed E-state index contributed by atoms with van der Waals surface area (Å²) in [4.78, 5) is 0. The average Bonchev–Trinajstić information content (AvgIpc) is 3.11. The Morgan fingerprint density at radius 2 is 1.94 bits per heavy atom. The molecule has 3 heteroatoms. The van der Waals surface area contributed by atoms with Crippen LogP contribution in [0.3, 0.4) is 0 Å². The van der Waals surface area contributed by atoms with Gasteiger partial charge in [0.05, 0.1) is 25.4 Å². The summed E-state index contributed by atoms with van der Waals surface area (Å²) >= 11 is 0. The van der Waals surface area contributed by atoms with Crippen molar-refractivity contribution < 1.29 is 14.2 Å². The van der Waals surface area contributed by atoms with Gasteiger partial charge in [0.15, 0.2) is 6.29 Å². The summed E-state index contributed by atoms with van der Waals surface area (Å²) in [6.07, 6.45) is 3.14. The van der Waals surface area contributed by atoms with Gasteiger partial charge >= 0.3 is 0 Å². The SMILES string of the molecule is c1ccc(COC2OC[C@@H]3[C@H]2[C@H]2CC[C@@H]3O2)cc1. The normalized spacial score (nSPS) is 41.2. The van der Waals surface area contributed by atoms with Gasteiger partial charge in [-0.3, -0.25) is 0 Å². The first-order valence-electron chi connectivity index (χ1n) is 6.84. The zero-order valence-corrected chi connectivity index (χ0v) is 10.3. The van der Waals surface area contributed by atoms with E-state index in [1.807, 2.05) is 18.2 Å². The third-order valence-corrected chi connectivity index (χ3v) is 4.51. The Bertz CT molecular complexity index is 419. The Balaban J connectivity index is 1.41. The van der Waals surface area contributed by atoms with E-state index < -0.39 is 0 Å². The van der Waals surface area contributed by atoms with Crippen LogP contribution in [-0.4, -0.2) is 25.1 Å². The Hall–Kier alpha value is -0.900. The molecule has 0 radical (unpaired) electrons. The van der Waals surface area contributed by atoms with E-state index in [1.54, 1.807) is 0 Å². The van der Waals surface area contributed by atoms with Crippen LogP contribution in [0.2, 0.25) is 0 Å². The second kappa shape index (κ2) is 4.34. The van der Waals surface area contributed by atoms with Crippen LogP contribution in [0.25, 0.3) is 0 Å². The Morgan fingerprint density at radius 1 is 1.11 bits per heavy atom. The van der Waals surface area contributed by atoms with Gasteiger partial charge in [-0.15, -0.1) is 0 Å². The van der Waals surface area contributed by atoms with Gasteiger partial charge in [-0.25, -0.2) is 0 Å². The minimum Gasteiger partial charge on any atom is -0.374 e. The molecule has 0 aliphatic carbocycles. The van der Waals surface area contributed by atoms with Crippen molar-refractivity contribution in [1.82, 2.24) is 0 Å². The maximum Gasteiger partial charge on any atom is 0.163 e. The number of hydrogen-bond acceptors (Lipinski definition) is 3. The lowest BCUT2D eigenvalue weighted by atomic mass is 9.81. The van der Waals surface area contributed by atoms with Crippen molar-refractivity contribution >= 4 is 0 Å². The third-order valence-electron chi connectivity index (χ3n) is 4.51. The van der Waals surface area contributed by atoms with E-state index in [2.05, 4.69) is 12.1 Å². The quantitative estimate of drug-likeness (QED) is 0.819. The highest BCUT2D eigenvalue weighted by Crippen LogP contribution is 2.49. The highest BCUT2D eigenvalue weighted by Gasteiger charge is 2.56. The molecule has 1 aromatic rings. The molecule has 3 fully saturated rings. The van der Waals surface area contributed by atoms with Gasteiger partial charge in [-0.05, 0) is 18.4 Å². The van der Waals surface area contributed by atoms with Crippen molar-refractivity contribution in [3.05, 3.63) is 35.9 Å². The van der Waals surface area contributed by atoms with Crippen molar-refractivity contribution in [2.24, 2.45) is 11.8 Å². The molecule has 0 spiro atoms. The fourth-order valence-electron chi connectivity index (χ4n) is 3.64. The molecular formula is C15H18O3. The fourth-order valence-corrected chi connectivity index (χ4v) is 3.64. The van der Waals surface area contributed by atoms with Gasteiger partial charge in [0.2, 0.25) is 0 Å². The molecule has 0 N–H and O–H groups in total. The predicted octanol–water partition coefficient (Wildman–Crippen LogP) is 2.35. The van der Waals surface area contributed by atoms with Crippen LogP contribution in [0.1, 0.15) is 18.4 Å². The molecular weight excluding hydrogens is 228 g/mol. The van der Waals surface area contributed by atoms with Crippen LogP contribution in [0, 0.1) is 11.8 Å². The summed E-state index contributed by atoms with van der Waals surface area (Å²) in [6, 6.07) is 10.3. The summed E-state index contributed by atoms with van der Waals surface area (Å²) in [5.74, 6) is 1.04. The molecule has 3 nitrogen and oxygen atoms in total. The van der Waals surface area contributed by atoms with E-state index in [1.165, 1.54) is 18.4 Å². The van der Waals surface area contributed by atoms with Crippen LogP contribution in [0.5, 0.6) is 0 Å². The van der Waals surface area contributed by atoms with E-state index in [9.17, 15) is 0 Å². The zero-order valence-electron chi connectivity index (χ0n) is 10.3. The lowest BCUT2D eigenvalue weighted by Crippen LogP contribution is -2.32. The van der Waals surface area contributed by atoms with Crippen LogP contribution >= 0.6 is 0 Å². The minimum absolute atomic E-state index is 0.0643. The highest BCUT2D eigenvalue weighted by molar-refractivity contribution is 5.13. The van der Waals surface area contributed by atoms with E-state index >= 15 is 0 Å². The van der Waals surface area contributed by atoms with Crippen molar-refractivity contribution in [3.8, 4) is 0 Å². The van der Waals surface area contributed by atoms with E-state index in [0.29, 0.717) is 30.7 Å². The standard InChI is InChI=1S/C15H18O3/c1-2-4-10(5-3-1)8-16-15-14-11(9-17-15)12-6-7-13(14)18-12/h1-5,11-15H,6-9H2/t11-,12-,13+,14-,15?/m0/s1. The second-order valence-electron chi connectivity index (χ2n) is 5.53. The molecule has 2 bridgehead atoms. The molecule has 96 valence electrons. The molecule has 3 aliphatic rings. The first-order chi connectivity index (χ1) is 8.92. The van der Waals surface area contributed by atoms with Gasteiger partial charge in [-0.2, -0.15) is 0 Å². The van der Waals surface area contributed by atoms with Crippen LogP contribution in [-0.2, 0) is 20.8 Å². The molecule has 0 amide bonds. The lowest BCUT2D eigenvalue weighted by molar-refractivity contribution is -0.153. The molecule has 1 unspecified atom stereocenters. The van der Waals surface area contributed by atoms with Crippen molar-refractivity contribution in [2.75, 3.05) is 6.61 Å². The predicted molar refractivity (Wildman–Crippen MR) is 65.8 cm³/mol. The van der Waals surface area contributed by atoms with E-state index in [4.69, 9.17) is 14.2 Å². The summed E-state index contributed by atoms with van der Waals surface area (Å²) < 4.78 is 17.7. The number of rotatable bonds is 3.